The lowest BCUT2D eigenvalue weighted by molar-refractivity contribution is 0.230. The van der Waals surface area contributed by atoms with Crippen LogP contribution in [0.15, 0.2) is 33.6 Å². The molecule has 1 N–H and O–H groups in total. The highest BCUT2D eigenvalue weighted by atomic mass is 35.5. The first-order valence-corrected chi connectivity index (χ1v) is 8.52. The zero-order valence-corrected chi connectivity index (χ0v) is 14.6. The van der Waals surface area contributed by atoms with E-state index in [0.717, 1.165) is 55.6 Å². The number of aromatic nitrogens is 1. The fourth-order valence-corrected chi connectivity index (χ4v) is 2.92. The van der Waals surface area contributed by atoms with Gasteiger partial charge in [0.05, 0.1) is 5.69 Å². The second-order valence-electron chi connectivity index (χ2n) is 5.28. The lowest BCUT2D eigenvalue weighted by atomic mass is 10.2. The highest BCUT2D eigenvalue weighted by Gasteiger charge is 2.16. The highest BCUT2D eigenvalue weighted by Crippen LogP contribution is 2.25. The number of benzene rings is 1. The quantitative estimate of drug-likeness (QED) is 0.866. The summed E-state index contributed by atoms with van der Waals surface area (Å²) in [6, 6.07) is 8.36. The minimum absolute atomic E-state index is 0. The molecule has 22 heavy (non-hydrogen) atoms. The average Bonchev–Trinajstić information content (AvgIpc) is 2.89. The molecule has 2 heterocycles. The summed E-state index contributed by atoms with van der Waals surface area (Å²) in [6.45, 7) is 7.14. The van der Waals surface area contributed by atoms with Crippen LogP contribution in [0.3, 0.4) is 0 Å². The number of nitrogens with one attached hydrogen (secondary N) is 1. The van der Waals surface area contributed by atoms with Crippen molar-refractivity contribution in [1.82, 2.24) is 15.2 Å². The van der Waals surface area contributed by atoms with Crippen molar-refractivity contribution in [2.45, 2.75) is 18.4 Å². The van der Waals surface area contributed by atoms with E-state index in [-0.39, 0.29) is 12.4 Å². The van der Waals surface area contributed by atoms with Crippen molar-refractivity contribution < 1.29 is 4.42 Å². The molecule has 120 valence electrons. The molecule has 0 radical (unpaired) electrons. The molecule has 0 atom stereocenters. The van der Waals surface area contributed by atoms with Crippen molar-refractivity contribution in [1.29, 1.82) is 0 Å². The van der Waals surface area contributed by atoms with Gasteiger partial charge in [-0.05, 0) is 37.4 Å². The van der Waals surface area contributed by atoms with Crippen molar-refractivity contribution >= 4 is 24.2 Å². The van der Waals surface area contributed by atoms with Gasteiger partial charge in [0.1, 0.15) is 5.76 Å². The SMILES string of the molecule is CSc1ccc(-c2nc(CN3CCNCC3)c(C)o2)cc1.Cl. The van der Waals surface area contributed by atoms with E-state index in [0.29, 0.717) is 0 Å². The van der Waals surface area contributed by atoms with Crippen molar-refractivity contribution in [2.24, 2.45) is 0 Å². The maximum Gasteiger partial charge on any atom is 0.226 e. The Hall–Kier alpha value is -1.01. The second kappa shape index (κ2) is 8.02. The van der Waals surface area contributed by atoms with Crippen LogP contribution in [0, 0.1) is 6.92 Å². The zero-order chi connectivity index (χ0) is 14.7. The number of oxazole rings is 1. The Labute approximate surface area is 142 Å². The molecular weight excluding hydrogens is 318 g/mol. The molecule has 4 nitrogen and oxygen atoms in total. The predicted molar refractivity (Wildman–Crippen MR) is 93.9 cm³/mol. The van der Waals surface area contributed by atoms with Crippen LogP contribution >= 0.6 is 24.2 Å². The van der Waals surface area contributed by atoms with Gasteiger partial charge in [-0.1, -0.05) is 0 Å². The van der Waals surface area contributed by atoms with Gasteiger partial charge in [-0.2, -0.15) is 0 Å². The van der Waals surface area contributed by atoms with Crippen LogP contribution in [0.1, 0.15) is 11.5 Å². The topological polar surface area (TPSA) is 41.3 Å². The molecule has 3 rings (SSSR count). The van der Waals surface area contributed by atoms with E-state index >= 15 is 0 Å². The molecule has 1 aliphatic rings. The van der Waals surface area contributed by atoms with Gasteiger partial charge in [0.15, 0.2) is 0 Å². The Balaban J connectivity index is 0.00000176. The van der Waals surface area contributed by atoms with E-state index in [1.807, 2.05) is 6.92 Å². The molecule has 1 aromatic heterocycles. The van der Waals surface area contributed by atoms with E-state index in [2.05, 4.69) is 40.7 Å². The summed E-state index contributed by atoms with van der Waals surface area (Å²) in [5.74, 6) is 1.66. The predicted octanol–water partition coefficient (Wildman–Crippen LogP) is 3.20. The van der Waals surface area contributed by atoms with E-state index in [4.69, 9.17) is 9.40 Å². The summed E-state index contributed by atoms with van der Waals surface area (Å²) >= 11 is 1.74. The summed E-state index contributed by atoms with van der Waals surface area (Å²) in [7, 11) is 0. The first kappa shape index (κ1) is 17.3. The van der Waals surface area contributed by atoms with Crippen molar-refractivity contribution in [3.8, 4) is 11.5 Å². The van der Waals surface area contributed by atoms with Gasteiger partial charge in [-0.3, -0.25) is 4.90 Å². The monoisotopic (exact) mass is 339 g/mol. The Bertz CT molecular complexity index is 594. The molecule has 0 saturated carbocycles. The number of hydrogen-bond acceptors (Lipinski definition) is 5. The molecule has 0 unspecified atom stereocenters. The number of hydrogen-bond donors (Lipinski definition) is 1. The molecule has 0 aliphatic carbocycles. The van der Waals surface area contributed by atoms with Crippen LogP contribution in [0.5, 0.6) is 0 Å². The van der Waals surface area contributed by atoms with Gasteiger partial charge in [0.2, 0.25) is 5.89 Å². The third kappa shape index (κ3) is 4.04. The minimum Gasteiger partial charge on any atom is -0.441 e. The molecule has 6 heteroatoms. The lowest BCUT2D eigenvalue weighted by Crippen LogP contribution is -2.43. The maximum absolute atomic E-state index is 5.86. The molecule has 1 saturated heterocycles. The van der Waals surface area contributed by atoms with Gasteiger partial charge < -0.3 is 9.73 Å². The molecular formula is C16H22ClN3OS. The fourth-order valence-electron chi connectivity index (χ4n) is 2.51. The number of thioether (sulfide) groups is 1. The van der Waals surface area contributed by atoms with Gasteiger partial charge in [-0.25, -0.2) is 4.98 Å². The van der Waals surface area contributed by atoms with Gasteiger partial charge in [0.25, 0.3) is 0 Å². The molecule has 1 fully saturated rings. The minimum atomic E-state index is 0. The molecule has 0 bridgehead atoms. The van der Waals surface area contributed by atoms with Crippen molar-refractivity contribution in [3.05, 3.63) is 35.7 Å². The van der Waals surface area contributed by atoms with Crippen LogP contribution in [0.2, 0.25) is 0 Å². The highest BCUT2D eigenvalue weighted by molar-refractivity contribution is 7.98. The normalized spacial score (nSPS) is 15.5. The molecule has 1 aliphatic heterocycles. The smallest absolute Gasteiger partial charge is 0.226 e. The van der Waals surface area contributed by atoms with E-state index in [1.165, 1.54) is 4.90 Å². The van der Waals surface area contributed by atoms with Crippen molar-refractivity contribution in [2.75, 3.05) is 32.4 Å². The molecule has 2 aromatic rings. The summed E-state index contributed by atoms with van der Waals surface area (Å²) < 4.78 is 5.86. The Kier molecular flexibility index (Phi) is 6.32. The summed E-state index contributed by atoms with van der Waals surface area (Å²) in [5.41, 5.74) is 2.10. The Morgan fingerprint density at radius 1 is 1.23 bits per heavy atom. The second-order valence-corrected chi connectivity index (χ2v) is 6.16. The number of nitrogens with zero attached hydrogens (tertiary/aromatic N) is 2. The first-order chi connectivity index (χ1) is 10.3. The van der Waals surface area contributed by atoms with Crippen LogP contribution < -0.4 is 5.32 Å². The van der Waals surface area contributed by atoms with Gasteiger partial charge in [-0.15, -0.1) is 24.2 Å². The standard InChI is InChI=1S/C16H21N3OS.ClH/c1-12-15(11-19-9-7-17-8-10-19)18-16(20-12)13-3-5-14(21-2)6-4-13;/h3-6,17H,7-11H2,1-2H3;1H. The van der Waals surface area contributed by atoms with E-state index in [9.17, 15) is 0 Å². The van der Waals surface area contributed by atoms with E-state index < -0.39 is 0 Å². The van der Waals surface area contributed by atoms with Crippen LogP contribution in [-0.2, 0) is 6.54 Å². The zero-order valence-electron chi connectivity index (χ0n) is 13.0. The average molecular weight is 340 g/mol. The van der Waals surface area contributed by atoms with Gasteiger partial charge in [0, 0.05) is 43.2 Å². The fraction of sp³-hybridized carbons (Fsp3) is 0.438. The van der Waals surface area contributed by atoms with Crippen LogP contribution in [-0.4, -0.2) is 42.3 Å². The number of piperazine rings is 1. The third-order valence-electron chi connectivity index (χ3n) is 3.81. The Morgan fingerprint density at radius 2 is 1.91 bits per heavy atom. The Morgan fingerprint density at radius 3 is 2.55 bits per heavy atom. The summed E-state index contributed by atoms with van der Waals surface area (Å²) in [5, 5.41) is 3.37. The largest absolute Gasteiger partial charge is 0.441 e. The number of halogens is 1. The van der Waals surface area contributed by atoms with Crippen molar-refractivity contribution in [3.63, 3.8) is 0 Å². The van der Waals surface area contributed by atoms with Crippen LogP contribution in [0.4, 0.5) is 0 Å². The lowest BCUT2D eigenvalue weighted by Gasteiger charge is -2.26. The summed E-state index contributed by atoms with van der Waals surface area (Å²) in [6.07, 6.45) is 2.08. The molecule has 1 aromatic carbocycles. The van der Waals surface area contributed by atoms with Crippen LogP contribution in [0.25, 0.3) is 11.5 Å². The number of rotatable bonds is 4. The third-order valence-corrected chi connectivity index (χ3v) is 4.56. The number of aryl methyl sites for hydroxylation is 1. The van der Waals surface area contributed by atoms with Gasteiger partial charge >= 0.3 is 0 Å². The van der Waals surface area contributed by atoms with E-state index in [1.54, 1.807) is 11.8 Å². The first-order valence-electron chi connectivity index (χ1n) is 7.30. The molecule has 0 amide bonds. The maximum atomic E-state index is 5.86. The molecule has 0 spiro atoms. The summed E-state index contributed by atoms with van der Waals surface area (Å²) in [4.78, 5) is 8.37.